The van der Waals surface area contributed by atoms with Crippen molar-refractivity contribution < 1.29 is 72.2 Å². The molecule has 32 heteroatoms. The van der Waals surface area contributed by atoms with Gasteiger partial charge in [-0.05, 0) is 146 Å². The molecule has 7 rings (SSSR count). The van der Waals surface area contributed by atoms with Gasteiger partial charge in [-0.15, -0.1) is 0 Å². The minimum absolute atomic E-state index is 0.00641. The maximum Gasteiger partial charge on any atom is 0.264 e. The van der Waals surface area contributed by atoms with Crippen LogP contribution in [0.3, 0.4) is 0 Å². The monoisotopic (exact) mass is 1560 g/mol. The second-order valence-electron chi connectivity index (χ2n) is 28.4. The van der Waals surface area contributed by atoms with Gasteiger partial charge in [0.1, 0.15) is 54.4 Å². The van der Waals surface area contributed by atoms with Gasteiger partial charge in [0.15, 0.2) is 6.17 Å². The Labute approximate surface area is 654 Å². The van der Waals surface area contributed by atoms with Gasteiger partial charge < -0.3 is 84.9 Å². The topological polar surface area (TPSA) is 458 Å². The van der Waals surface area contributed by atoms with Crippen LogP contribution >= 0.6 is 11.6 Å². The predicted octanol–water partition coefficient (Wildman–Crippen LogP) is 2.55. The maximum atomic E-state index is 15.3. The van der Waals surface area contributed by atoms with Gasteiger partial charge in [0.05, 0.1) is 6.61 Å². The zero-order chi connectivity index (χ0) is 81.7. The molecule has 1 aliphatic heterocycles. The van der Waals surface area contributed by atoms with Gasteiger partial charge in [0.2, 0.25) is 70.9 Å². The third-order valence-corrected chi connectivity index (χ3v) is 18.5. The number of benzene rings is 5. The summed E-state index contributed by atoms with van der Waals surface area (Å²) in [5.74, 6) is -11.3. The van der Waals surface area contributed by atoms with E-state index in [1.165, 1.54) is 56.3 Å². The Kier molecular flexibility index (Phi) is 33.6. The molecule has 0 spiro atoms. The highest BCUT2D eigenvalue weighted by Crippen LogP contribution is 2.23. The molecular formula is C80H101ClN16O15. The average Bonchev–Trinajstić information content (AvgIpc) is 1.56. The molecule has 6 aromatic rings. The number of nitrogens with one attached hydrogen (secondary N) is 13. The number of hydrogen-bond donors (Lipinski definition) is 15. The minimum Gasteiger partial charge on any atom is -0.394 e. The Bertz CT molecular complexity index is 4310. The number of aromatic nitrogens is 1. The minimum atomic E-state index is -1.89. The number of hydrogen-bond acceptors (Lipinski definition) is 17. The van der Waals surface area contributed by atoms with E-state index in [1.807, 2.05) is 26.0 Å². The van der Waals surface area contributed by atoms with Crippen LogP contribution in [0, 0.1) is 5.92 Å². The van der Waals surface area contributed by atoms with Gasteiger partial charge in [0.25, 0.3) is 11.8 Å². The maximum absolute atomic E-state index is 15.3. The first-order valence-corrected chi connectivity index (χ1v) is 37.5. The van der Waals surface area contributed by atoms with Crippen molar-refractivity contribution >= 4 is 116 Å². The Morgan fingerprint density at radius 2 is 0.991 bits per heavy atom. The number of aliphatic hydroxyl groups is 1. The van der Waals surface area contributed by atoms with Crippen LogP contribution in [0.4, 0.5) is 11.4 Å². The van der Waals surface area contributed by atoms with Crippen LogP contribution in [0.5, 0.6) is 0 Å². The first-order chi connectivity index (χ1) is 53.3. The molecule has 1 aromatic heterocycles. The molecule has 112 heavy (non-hydrogen) atoms. The van der Waals surface area contributed by atoms with Gasteiger partial charge in [-0.25, -0.2) is 0 Å². The summed E-state index contributed by atoms with van der Waals surface area (Å²) in [5, 5.41) is 48.0. The lowest BCUT2D eigenvalue weighted by molar-refractivity contribution is -0.142. The summed E-state index contributed by atoms with van der Waals surface area (Å²) >= 11 is 6.24. The second kappa shape index (κ2) is 43.0. The molecule has 31 nitrogen and oxygen atoms in total. The number of fused-ring (bicyclic) bond motifs is 1. The van der Waals surface area contributed by atoms with E-state index in [9.17, 15) is 62.6 Å². The second-order valence-corrected chi connectivity index (χ2v) is 28.8. The van der Waals surface area contributed by atoms with Crippen LogP contribution in [0.1, 0.15) is 127 Å². The van der Waals surface area contributed by atoms with E-state index in [0.29, 0.717) is 69.8 Å². The Morgan fingerprint density at radius 1 is 0.509 bits per heavy atom. The number of likely N-dealkylation sites (tertiary alicyclic amines) is 1. The van der Waals surface area contributed by atoms with E-state index >= 15 is 9.59 Å². The molecule has 1 aliphatic rings. The van der Waals surface area contributed by atoms with Crippen LogP contribution < -0.4 is 74.9 Å². The van der Waals surface area contributed by atoms with Crippen molar-refractivity contribution in [1.82, 2.24) is 68.4 Å². The number of carbonyl (C=O) groups is 14. The van der Waals surface area contributed by atoms with Crippen molar-refractivity contribution in [2.24, 2.45) is 11.7 Å². The normalized spacial score (nSPS) is 14.9. The highest BCUT2D eigenvalue weighted by atomic mass is 35.5. The summed E-state index contributed by atoms with van der Waals surface area (Å²) in [6, 6.07) is 21.2. The molecule has 14 amide bonds. The van der Waals surface area contributed by atoms with Gasteiger partial charge in [-0.1, -0.05) is 112 Å². The summed E-state index contributed by atoms with van der Waals surface area (Å²) in [4.78, 5) is 201. The van der Waals surface area contributed by atoms with E-state index in [2.05, 4.69) is 74.1 Å². The largest absolute Gasteiger partial charge is 0.394 e. The zero-order valence-corrected chi connectivity index (χ0v) is 64.7. The number of pyridine rings is 1. The lowest BCUT2D eigenvalue weighted by Gasteiger charge is -2.31. The third-order valence-electron chi connectivity index (χ3n) is 18.2. The smallest absolute Gasteiger partial charge is 0.264 e. The number of aliphatic hydroxyl groups excluding tert-OH is 1. The molecule has 10 atom stereocenters. The van der Waals surface area contributed by atoms with Gasteiger partial charge in [-0.2, -0.15) is 0 Å². The molecule has 1 fully saturated rings. The molecule has 1 saturated heterocycles. The van der Waals surface area contributed by atoms with E-state index in [1.54, 1.807) is 111 Å². The average molecular weight is 1560 g/mol. The van der Waals surface area contributed by atoms with Gasteiger partial charge in [-0.3, -0.25) is 72.1 Å². The Hall–Kier alpha value is -11.7. The standard InChI is InChI=1S/C80H101ClN16O15/c1-45(2)37-62(72(104)89-61(18-11-12-35-84-46(3)4)80(112)97-36-14-19-68(97)78(110)85-47(5)69(82)102)90-73(105)63(39-52-22-30-59(31-23-52)86-48(6)99)91-74(106)64(40-53-24-32-60(33-25-53)87-49(7)100)93-77(109)67(44-98)95-76(108)66(41-54-15-13-34-83-43-54)92-75(107)65(38-51-20-28-58(81)29-21-51)94-79(111)70(88-50(8)101)96-71(103)57-27-26-55-16-9-10-17-56(55)42-57/h9-10,13,15-17,20-34,42-43,45-47,61-68,70,84,98H,11-12,14,18-19,35-41,44H2,1-8H3,(H2,82,102)(H,85,110)(H,86,99)(H,87,100)(H,88,101)(H,89,104)(H,90,105)(H,91,106)(H,92,107)(H,93,109)(H,94,111)(H,95,108)(H,96,103)/t47-,61+,62+,63-,64+,65-,66-,67+,68-,70-/m1/s1. The number of nitrogens with zero attached hydrogens (tertiary/aromatic N) is 2. The van der Waals surface area contributed by atoms with Crippen molar-refractivity contribution in [2.75, 3.05) is 30.3 Å². The molecule has 5 aromatic carbocycles. The first-order valence-electron chi connectivity index (χ1n) is 37.1. The van der Waals surface area contributed by atoms with Crippen molar-refractivity contribution in [3.05, 3.63) is 173 Å². The fourth-order valence-corrected chi connectivity index (χ4v) is 12.6. The number of primary amides is 1. The molecule has 0 bridgehead atoms. The summed E-state index contributed by atoms with van der Waals surface area (Å²) < 4.78 is 0. The summed E-state index contributed by atoms with van der Waals surface area (Å²) in [6.07, 6.45) is 1.83. The molecule has 2 heterocycles. The van der Waals surface area contributed by atoms with Crippen molar-refractivity contribution in [2.45, 2.75) is 186 Å². The molecule has 598 valence electrons. The van der Waals surface area contributed by atoms with E-state index in [4.69, 9.17) is 17.3 Å². The molecule has 0 saturated carbocycles. The van der Waals surface area contributed by atoms with Crippen LogP contribution in [0.15, 0.2) is 140 Å². The molecule has 0 unspecified atom stereocenters. The summed E-state index contributed by atoms with van der Waals surface area (Å²) in [7, 11) is 0. The Balaban J connectivity index is 1.18. The highest BCUT2D eigenvalue weighted by Gasteiger charge is 2.41. The third kappa shape index (κ3) is 28.0. The summed E-state index contributed by atoms with van der Waals surface area (Å²) in [5.41, 5.74) is 8.05. The summed E-state index contributed by atoms with van der Waals surface area (Å²) in [6.45, 7) is 12.4. The SMILES string of the molecule is CC(=O)Nc1ccc(C[C@H](NC(=O)[C@H](CO)NC(=O)[C@@H](Cc2cccnc2)NC(=O)[C@@H](Cc2ccc(Cl)cc2)NC(=O)[C@H](NC(C)=O)NC(=O)c2ccc3ccccc3c2)C(=O)N[C@H](Cc2ccc(NC(C)=O)cc2)C(=O)N[C@@H](CC(C)C)C(=O)N[C@@H](CCCCNC(C)C)C(=O)N2CCC[C@@H]2C(=O)N[C@H](C)C(N)=O)cc1. The Morgan fingerprint density at radius 3 is 1.48 bits per heavy atom. The van der Waals surface area contributed by atoms with E-state index in [0.717, 1.165) is 12.3 Å². The van der Waals surface area contributed by atoms with Gasteiger partial charge >= 0.3 is 0 Å². The molecule has 0 radical (unpaired) electrons. The number of halogens is 1. The quantitative estimate of drug-likeness (QED) is 0.0194. The van der Waals surface area contributed by atoms with Crippen LogP contribution in [0.25, 0.3) is 10.8 Å². The number of rotatable bonds is 40. The number of amides is 14. The van der Waals surface area contributed by atoms with Crippen molar-refractivity contribution in [1.29, 1.82) is 0 Å². The number of unbranched alkanes of at least 4 members (excludes halogenated alkanes) is 1. The fraction of sp³-hybridized carbons (Fsp3) is 0.412. The van der Waals surface area contributed by atoms with Crippen LogP contribution in [0.2, 0.25) is 5.02 Å². The predicted molar refractivity (Wildman–Crippen MR) is 420 cm³/mol. The van der Waals surface area contributed by atoms with E-state index in [-0.39, 0.29) is 80.8 Å². The lowest BCUT2D eigenvalue weighted by Crippen LogP contribution is -2.62. The molecule has 0 aliphatic carbocycles. The number of anilines is 2. The van der Waals surface area contributed by atoms with Crippen LogP contribution in [-0.4, -0.2) is 184 Å². The fourth-order valence-electron chi connectivity index (χ4n) is 12.5. The highest BCUT2D eigenvalue weighted by molar-refractivity contribution is 6.30. The van der Waals surface area contributed by atoms with Crippen molar-refractivity contribution in [3.8, 4) is 0 Å². The first kappa shape index (κ1) is 87.5. The van der Waals surface area contributed by atoms with Crippen LogP contribution in [-0.2, 0) is 88.0 Å². The van der Waals surface area contributed by atoms with Crippen molar-refractivity contribution in [3.63, 3.8) is 0 Å². The van der Waals surface area contributed by atoms with E-state index < -0.39 is 138 Å². The molecule has 16 N–H and O–H groups in total. The lowest BCUT2D eigenvalue weighted by atomic mass is 9.99. The van der Waals surface area contributed by atoms with Gasteiger partial charge in [0, 0.05) is 93.4 Å². The molecular weight excluding hydrogens is 1460 g/mol. The number of carbonyl (C=O) groups excluding carboxylic acids is 14. The zero-order valence-electron chi connectivity index (χ0n) is 63.9. The number of nitrogens with two attached hydrogens (primary N) is 1.